The molecule has 0 radical (unpaired) electrons. The Morgan fingerprint density at radius 2 is 0.900 bits per heavy atom. The molecule has 40 heavy (non-hydrogen) atoms. The quantitative estimate of drug-likeness (QED) is 0.0588. The van der Waals surface area contributed by atoms with E-state index >= 15 is 0 Å². The molecule has 0 unspecified atom stereocenters. The average Bonchev–Trinajstić information content (AvgIpc) is 2.96. The lowest BCUT2D eigenvalue weighted by molar-refractivity contribution is -0.384. The Morgan fingerprint density at radius 1 is 0.575 bits per heavy atom. The van der Waals surface area contributed by atoms with Crippen molar-refractivity contribution >= 4 is 11.7 Å². The van der Waals surface area contributed by atoms with E-state index in [1.807, 2.05) is 0 Å². The largest absolute Gasteiger partial charge is 0.491 e. The SMILES string of the molecule is COC(=O)CCOCCOCCOCCOCCOCCOCCOCCOCCOc1ccc([N+](=O)[O-])cc1. The minimum atomic E-state index is -0.456. The van der Waals surface area contributed by atoms with Gasteiger partial charge in [-0.05, 0) is 12.1 Å². The second-order valence-corrected chi connectivity index (χ2v) is 7.82. The third kappa shape index (κ3) is 22.4. The minimum Gasteiger partial charge on any atom is -0.491 e. The highest BCUT2D eigenvalue weighted by Gasteiger charge is 2.04. The van der Waals surface area contributed by atoms with Crippen LogP contribution in [0.25, 0.3) is 0 Å². The minimum absolute atomic E-state index is 0.0231. The molecule has 1 aromatic rings. The van der Waals surface area contributed by atoms with Gasteiger partial charge in [-0.15, -0.1) is 0 Å². The smallest absolute Gasteiger partial charge is 0.307 e. The summed E-state index contributed by atoms with van der Waals surface area (Å²) in [4.78, 5) is 21.1. The van der Waals surface area contributed by atoms with Crippen LogP contribution in [0.4, 0.5) is 5.69 Å². The Hall–Kier alpha value is -2.43. The number of carbonyl (C=O) groups excluding carboxylic acids is 1. The highest BCUT2D eigenvalue weighted by molar-refractivity contribution is 5.69. The topological polar surface area (TPSA) is 153 Å². The summed E-state index contributed by atoms with van der Waals surface area (Å²) in [7, 11) is 1.35. The number of nitro groups is 1. The van der Waals surface area contributed by atoms with Crippen molar-refractivity contribution in [2.45, 2.75) is 6.42 Å². The molecule has 1 rings (SSSR count). The number of hydrogen-bond donors (Lipinski definition) is 0. The van der Waals surface area contributed by atoms with E-state index in [4.69, 9.17) is 42.6 Å². The van der Waals surface area contributed by atoms with Gasteiger partial charge in [-0.2, -0.15) is 0 Å². The third-order valence-electron chi connectivity index (χ3n) is 4.83. The number of rotatable bonds is 29. The van der Waals surface area contributed by atoms with Gasteiger partial charge < -0.3 is 47.4 Å². The Labute approximate surface area is 235 Å². The first-order chi connectivity index (χ1) is 19.6. The molecule has 14 heteroatoms. The van der Waals surface area contributed by atoms with E-state index in [0.29, 0.717) is 118 Å². The normalized spacial score (nSPS) is 11.0. The second-order valence-electron chi connectivity index (χ2n) is 7.82. The van der Waals surface area contributed by atoms with Crippen LogP contribution in [0.2, 0.25) is 0 Å². The first kappa shape index (κ1) is 35.6. The van der Waals surface area contributed by atoms with Gasteiger partial charge in [0.15, 0.2) is 0 Å². The highest BCUT2D eigenvalue weighted by Crippen LogP contribution is 2.17. The lowest BCUT2D eigenvalue weighted by Gasteiger charge is -2.09. The number of ether oxygens (including phenoxy) is 10. The number of benzene rings is 1. The van der Waals surface area contributed by atoms with Crippen LogP contribution in [-0.4, -0.2) is 130 Å². The summed E-state index contributed by atoms with van der Waals surface area (Å²) in [6.45, 7) is 7.50. The average molecular weight is 578 g/mol. The third-order valence-corrected chi connectivity index (χ3v) is 4.83. The van der Waals surface area contributed by atoms with Crippen LogP contribution >= 0.6 is 0 Å². The maximum absolute atomic E-state index is 10.9. The molecular formula is C26H43NO13. The van der Waals surface area contributed by atoms with E-state index in [1.54, 1.807) is 12.1 Å². The molecule has 0 bridgehead atoms. The molecule has 0 amide bonds. The lowest BCUT2D eigenvalue weighted by Crippen LogP contribution is -2.15. The van der Waals surface area contributed by atoms with Crippen molar-refractivity contribution in [1.29, 1.82) is 0 Å². The lowest BCUT2D eigenvalue weighted by atomic mass is 10.3. The van der Waals surface area contributed by atoms with Crippen molar-refractivity contribution in [1.82, 2.24) is 0 Å². The van der Waals surface area contributed by atoms with Crippen molar-refractivity contribution in [3.63, 3.8) is 0 Å². The zero-order valence-corrected chi connectivity index (χ0v) is 23.3. The number of methoxy groups -OCH3 is 1. The van der Waals surface area contributed by atoms with Gasteiger partial charge in [-0.1, -0.05) is 0 Å². The van der Waals surface area contributed by atoms with Crippen molar-refractivity contribution in [2.75, 3.05) is 119 Å². The van der Waals surface area contributed by atoms with Crippen LogP contribution in [0.5, 0.6) is 5.75 Å². The molecule has 0 atom stereocenters. The van der Waals surface area contributed by atoms with Gasteiger partial charge in [0.2, 0.25) is 0 Å². The molecular weight excluding hydrogens is 534 g/mol. The van der Waals surface area contributed by atoms with Crippen molar-refractivity contribution in [2.24, 2.45) is 0 Å². The number of carbonyl (C=O) groups is 1. The molecule has 230 valence electrons. The summed E-state index contributed by atoms with van der Waals surface area (Å²) in [6, 6.07) is 5.89. The van der Waals surface area contributed by atoms with Gasteiger partial charge in [-0.25, -0.2) is 0 Å². The maximum Gasteiger partial charge on any atom is 0.307 e. The molecule has 0 heterocycles. The fraction of sp³-hybridized carbons (Fsp3) is 0.731. The number of non-ortho nitro benzene ring substituents is 1. The predicted molar refractivity (Wildman–Crippen MR) is 142 cm³/mol. The zero-order valence-electron chi connectivity index (χ0n) is 23.3. The van der Waals surface area contributed by atoms with E-state index in [0.717, 1.165) is 0 Å². The van der Waals surface area contributed by atoms with Gasteiger partial charge in [0.1, 0.15) is 12.4 Å². The predicted octanol–water partition coefficient (Wildman–Crippen LogP) is 1.67. The van der Waals surface area contributed by atoms with E-state index in [-0.39, 0.29) is 18.1 Å². The fourth-order valence-electron chi connectivity index (χ4n) is 2.78. The molecule has 0 aliphatic heterocycles. The van der Waals surface area contributed by atoms with E-state index in [1.165, 1.54) is 19.2 Å². The number of nitrogens with zero attached hydrogens (tertiary/aromatic N) is 1. The first-order valence-electron chi connectivity index (χ1n) is 13.2. The molecule has 0 aromatic heterocycles. The molecule has 0 aliphatic carbocycles. The summed E-state index contributed by atoms with van der Waals surface area (Å²) in [5.41, 5.74) is 0.0231. The fourth-order valence-corrected chi connectivity index (χ4v) is 2.78. The van der Waals surface area contributed by atoms with Crippen molar-refractivity contribution in [3.05, 3.63) is 34.4 Å². The van der Waals surface area contributed by atoms with Gasteiger partial charge in [0, 0.05) is 12.1 Å². The molecule has 0 saturated heterocycles. The number of nitro benzene ring substituents is 1. The summed E-state index contributed by atoms with van der Waals surface area (Å²) in [6.07, 6.45) is 0.238. The first-order valence-corrected chi connectivity index (χ1v) is 13.2. The van der Waals surface area contributed by atoms with Gasteiger partial charge >= 0.3 is 5.97 Å². The van der Waals surface area contributed by atoms with Crippen LogP contribution in [0, 0.1) is 10.1 Å². The van der Waals surface area contributed by atoms with Crippen LogP contribution in [0.3, 0.4) is 0 Å². The maximum atomic E-state index is 10.9. The molecule has 0 fully saturated rings. The van der Waals surface area contributed by atoms with Crippen LogP contribution in [-0.2, 0) is 47.4 Å². The van der Waals surface area contributed by atoms with Gasteiger partial charge in [0.05, 0.1) is 124 Å². The number of hydrogen-bond acceptors (Lipinski definition) is 13. The van der Waals surface area contributed by atoms with Crippen LogP contribution in [0.15, 0.2) is 24.3 Å². The highest BCUT2D eigenvalue weighted by atomic mass is 16.6. The Morgan fingerprint density at radius 3 is 1.23 bits per heavy atom. The summed E-state index contributed by atoms with van der Waals surface area (Å²) in [5, 5.41) is 10.6. The Kier molecular flexibility index (Phi) is 23.8. The van der Waals surface area contributed by atoms with E-state index < -0.39 is 4.92 Å². The molecule has 14 nitrogen and oxygen atoms in total. The van der Waals surface area contributed by atoms with E-state index in [9.17, 15) is 14.9 Å². The number of esters is 1. The molecule has 0 aliphatic rings. The van der Waals surface area contributed by atoms with Crippen LogP contribution < -0.4 is 4.74 Å². The van der Waals surface area contributed by atoms with Crippen molar-refractivity contribution in [3.8, 4) is 5.75 Å². The molecule has 0 saturated carbocycles. The monoisotopic (exact) mass is 577 g/mol. The van der Waals surface area contributed by atoms with Crippen molar-refractivity contribution < 1.29 is 57.1 Å². The Balaban J connectivity index is 1.69. The molecule has 0 N–H and O–H groups in total. The summed E-state index contributed by atoms with van der Waals surface area (Å²) < 4.78 is 53.1. The van der Waals surface area contributed by atoms with E-state index in [2.05, 4.69) is 4.74 Å². The standard InChI is InChI=1S/C26H43NO13/c1-31-26(28)6-7-32-8-9-33-10-11-34-12-13-35-14-15-36-16-17-37-18-19-38-20-21-39-22-23-40-25-4-2-24(3-5-25)27(29)30/h2-5H,6-23H2,1H3. The zero-order chi connectivity index (χ0) is 28.9. The van der Waals surface area contributed by atoms with Gasteiger partial charge in [0.25, 0.3) is 5.69 Å². The molecule has 0 spiro atoms. The molecule has 1 aromatic carbocycles. The second kappa shape index (κ2) is 26.8. The Bertz CT molecular complexity index is 736. The summed E-state index contributed by atoms with van der Waals surface area (Å²) in [5.74, 6) is 0.261. The summed E-state index contributed by atoms with van der Waals surface area (Å²) >= 11 is 0. The van der Waals surface area contributed by atoms with Gasteiger partial charge in [-0.3, -0.25) is 14.9 Å². The van der Waals surface area contributed by atoms with Crippen LogP contribution in [0.1, 0.15) is 6.42 Å².